The maximum atomic E-state index is 5.97. The molecule has 1 aliphatic rings. The third-order valence-corrected chi connectivity index (χ3v) is 5.62. The van der Waals surface area contributed by atoms with Gasteiger partial charge in [0.25, 0.3) is 5.22 Å². The monoisotopic (exact) mass is 302 g/mol. The molecular formula is C17H22N2OS. The highest BCUT2D eigenvalue weighted by Crippen LogP contribution is 2.43. The number of benzene rings is 1. The van der Waals surface area contributed by atoms with Gasteiger partial charge in [-0.3, -0.25) is 0 Å². The Kier molecular flexibility index (Phi) is 4.66. The van der Waals surface area contributed by atoms with E-state index in [9.17, 15) is 0 Å². The zero-order valence-corrected chi connectivity index (χ0v) is 13.2. The van der Waals surface area contributed by atoms with Crippen LogP contribution in [-0.4, -0.2) is 16.8 Å². The van der Waals surface area contributed by atoms with Crippen LogP contribution in [0.4, 0.5) is 0 Å². The number of nitrogens with two attached hydrogens (primary N) is 1. The Balaban J connectivity index is 1.72. The Morgan fingerprint density at radius 2 is 2.10 bits per heavy atom. The van der Waals surface area contributed by atoms with E-state index >= 15 is 0 Å². The Morgan fingerprint density at radius 1 is 1.29 bits per heavy atom. The average Bonchev–Trinajstić information content (AvgIpc) is 2.93. The van der Waals surface area contributed by atoms with Gasteiger partial charge in [-0.25, -0.2) is 4.98 Å². The van der Waals surface area contributed by atoms with Crippen molar-refractivity contribution in [2.45, 2.75) is 42.6 Å². The van der Waals surface area contributed by atoms with Crippen molar-refractivity contribution in [3.05, 3.63) is 47.9 Å². The van der Waals surface area contributed by atoms with Gasteiger partial charge >= 0.3 is 0 Å². The minimum Gasteiger partial charge on any atom is -0.440 e. The first-order valence-electron chi connectivity index (χ1n) is 7.60. The molecule has 1 aliphatic carbocycles. The molecule has 3 unspecified atom stereocenters. The van der Waals surface area contributed by atoms with Crippen molar-refractivity contribution in [2.24, 2.45) is 11.7 Å². The molecule has 112 valence electrons. The SMILES string of the molecule is Cc1coc(SC2CC(c3ccccc3)CCC2CN)n1. The van der Waals surface area contributed by atoms with Crippen LogP contribution in [-0.2, 0) is 0 Å². The quantitative estimate of drug-likeness (QED) is 0.928. The standard InChI is InChI=1S/C17H22N2OS/c1-12-11-20-17(19-12)21-16-9-14(7-8-15(16)10-18)13-5-3-2-4-6-13/h2-6,11,14-16H,7-10,18H2,1H3. The number of hydrogen-bond acceptors (Lipinski definition) is 4. The normalized spacial score (nSPS) is 25.9. The third kappa shape index (κ3) is 3.50. The summed E-state index contributed by atoms with van der Waals surface area (Å²) in [6, 6.07) is 10.8. The largest absolute Gasteiger partial charge is 0.440 e. The lowest BCUT2D eigenvalue weighted by Gasteiger charge is -2.34. The lowest BCUT2D eigenvalue weighted by Crippen LogP contribution is -2.31. The Labute approximate surface area is 130 Å². The molecule has 3 nitrogen and oxygen atoms in total. The Bertz CT molecular complexity index is 569. The van der Waals surface area contributed by atoms with E-state index in [1.165, 1.54) is 18.4 Å². The molecule has 4 heteroatoms. The second kappa shape index (κ2) is 6.67. The molecule has 1 aromatic carbocycles. The predicted molar refractivity (Wildman–Crippen MR) is 86.5 cm³/mol. The number of aryl methyl sites for hydroxylation is 1. The van der Waals surface area contributed by atoms with Gasteiger partial charge in [0, 0.05) is 5.25 Å². The first-order chi connectivity index (χ1) is 10.3. The molecule has 1 aromatic heterocycles. The van der Waals surface area contributed by atoms with Crippen LogP contribution < -0.4 is 5.73 Å². The van der Waals surface area contributed by atoms with E-state index in [0.29, 0.717) is 17.1 Å². The fraction of sp³-hybridized carbons (Fsp3) is 0.471. The van der Waals surface area contributed by atoms with Crippen molar-refractivity contribution in [2.75, 3.05) is 6.54 Å². The number of thioether (sulfide) groups is 1. The summed E-state index contributed by atoms with van der Waals surface area (Å²) in [5.74, 6) is 1.18. The first kappa shape index (κ1) is 14.7. The summed E-state index contributed by atoms with van der Waals surface area (Å²) >= 11 is 1.76. The molecule has 21 heavy (non-hydrogen) atoms. The molecule has 0 radical (unpaired) electrons. The smallest absolute Gasteiger partial charge is 0.256 e. The van der Waals surface area contributed by atoms with E-state index in [-0.39, 0.29) is 0 Å². The van der Waals surface area contributed by atoms with E-state index in [4.69, 9.17) is 10.2 Å². The summed E-state index contributed by atoms with van der Waals surface area (Å²) < 4.78 is 5.51. The fourth-order valence-corrected chi connectivity index (χ4v) is 4.48. The van der Waals surface area contributed by atoms with E-state index in [0.717, 1.165) is 23.9 Å². The van der Waals surface area contributed by atoms with E-state index in [2.05, 4.69) is 35.3 Å². The molecule has 1 fully saturated rings. The summed E-state index contributed by atoms with van der Waals surface area (Å²) in [5, 5.41) is 1.27. The maximum Gasteiger partial charge on any atom is 0.256 e. The van der Waals surface area contributed by atoms with Gasteiger partial charge in [0.2, 0.25) is 0 Å². The highest BCUT2D eigenvalue weighted by atomic mass is 32.2. The summed E-state index contributed by atoms with van der Waals surface area (Å²) in [6.07, 6.45) is 5.29. The lowest BCUT2D eigenvalue weighted by molar-refractivity contribution is 0.341. The molecule has 3 atom stereocenters. The summed E-state index contributed by atoms with van der Waals surface area (Å²) in [4.78, 5) is 4.43. The molecule has 2 aromatic rings. The molecule has 0 amide bonds. The molecule has 3 rings (SSSR count). The molecule has 0 aliphatic heterocycles. The molecule has 0 spiro atoms. The summed E-state index contributed by atoms with van der Waals surface area (Å²) in [5.41, 5.74) is 8.36. The zero-order valence-electron chi connectivity index (χ0n) is 12.4. The lowest BCUT2D eigenvalue weighted by atomic mass is 9.78. The van der Waals surface area contributed by atoms with Crippen molar-refractivity contribution < 1.29 is 4.42 Å². The van der Waals surface area contributed by atoms with Gasteiger partial charge < -0.3 is 10.2 Å². The Morgan fingerprint density at radius 3 is 2.76 bits per heavy atom. The van der Waals surface area contributed by atoms with Gasteiger partial charge in [0.05, 0.1) is 5.69 Å². The second-order valence-electron chi connectivity index (χ2n) is 5.83. The predicted octanol–water partition coefficient (Wildman–Crippen LogP) is 3.99. The van der Waals surface area contributed by atoms with Gasteiger partial charge in [-0.1, -0.05) is 42.1 Å². The van der Waals surface area contributed by atoms with E-state index < -0.39 is 0 Å². The van der Waals surface area contributed by atoms with Crippen LogP contribution in [0.1, 0.15) is 36.4 Å². The van der Waals surface area contributed by atoms with Gasteiger partial charge in [-0.05, 0) is 50.1 Å². The molecule has 1 saturated carbocycles. The van der Waals surface area contributed by atoms with Gasteiger partial charge in [0.1, 0.15) is 6.26 Å². The molecule has 0 bridgehead atoms. The first-order valence-corrected chi connectivity index (χ1v) is 8.48. The van der Waals surface area contributed by atoms with Crippen LogP contribution in [0.25, 0.3) is 0 Å². The van der Waals surface area contributed by atoms with Gasteiger partial charge in [-0.2, -0.15) is 0 Å². The van der Waals surface area contributed by atoms with E-state index in [1.807, 2.05) is 6.92 Å². The number of hydrogen-bond donors (Lipinski definition) is 1. The van der Waals surface area contributed by atoms with Crippen molar-refractivity contribution in [1.82, 2.24) is 4.98 Å². The molecule has 1 heterocycles. The second-order valence-corrected chi connectivity index (χ2v) is 7.02. The zero-order chi connectivity index (χ0) is 14.7. The van der Waals surface area contributed by atoms with Crippen LogP contribution in [0, 0.1) is 12.8 Å². The van der Waals surface area contributed by atoms with Gasteiger partial charge in [0.15, 0.2) is 0 Å². The number of aromatic nitrogens is 1. The van der Waals surface area contributed by atoms with Crippen molar-refractivity contribution in [1.29, 1.82) is 0 Å². The van der Waals surface area contributed by atoms with Crippen LogP contribution >= 0.6 is 11.8 Å². The minimum atomic E-state index is 0.493. The van der Waals surface area contributed by atoms with E-state index in [1.54, 1.807) is 18.0 Å². The van der Waals surface area contributed by atoms with Crippen LogP contribution in [0.5, 0.6) is 0 Å². The highest BCUT2D eigenvalue weighted by molar-refractivity contribution is 7.99. The number of oxazole rings is 1. The van der Waals surface area contributed by atoms with Crippen LogP contribution in [0.2, 0.25) is 0 Å². The van der Waals surface area contributed by atoms with Crippen molar-refractivity contribution in [3.8, 4) is 0 Å². The van der Waals surface area contributed by atoms with Crippen molar-refractivity contribution in [3.63, 3.8) is 0 Å². The topological polar surface area (TPSA) is 52.0 Å². The summed E-state index contributed by atoms with van der Waals surface area (Å²) in [6.45, 7) is 2.71. The van der Waals surface area contributed by atoms with Crippen LogP contribution in [0.15, 0.2) is 46.2 Å². The Hall–Kier alpha value is -1.26. The summed E-state index contributed by atoms with van der Waals surface area (Å²) in [7, 11) is 0. The molecule has 0 saturated heterocycles. The van der Waals surface area contributed by atoms with Crippen molar-refractivity contribution >= 4 is 11.8 Å². The third-order valence-electron chi connectivity index (χ3n) is 4.35. The molecular weight excluding hydrogens is 280 g/mol. The average molecular weight is 302 g/mol. The number of rotatable bonds is 4. The van der Waals surface area contributed by atoms with Gasteiger partial charge in [-0.15, -0.1) is 0 Å². The minimum absolute atomic E-state index is 0.493. The number of nitrogens with zero attached hydrogens (tertiary/aromatic N) is 1. The fourth-order valence-electron chi connectivity index (χ4n) is 3.15. The molecule has 2 N–H and O–H groups in total. The van der Waals surface area contributed by atoms with Crippen LogP contribution in [0.3, 0.4) is 0 Å². The maximum absolute atomic E-state index is 5.97. The highest BCUT2D eigenvalue weighted by Gasteiger charge is 2.32.